The maximum Gasteiger partial charge on any atom is 0.274 e. The highest BCUT2D eigenvalue weighted by Crippen LogP contribution is 2.18. The normalized spacial score (nSPS) is 14.2. The molecule has 2 amide bonds. The Hall–Kier alpha value is -2.73. The van der Waals surface area contributed by atoms with Crippen LogP contribution in [0.5, 0.6) is 0 Å². The highest BCUT2D eigenvalue weighted by molar-refractivity contribution is 6.04. The van der Waals surface area contributed by atoms with Crippen LogP contribution in [0.25, 0.3) is 0 Å². The molecule has 1 aromatic heterocycles. The molecule has 0 saturated carbocycles. The maximum atomic E-state index is 12.5. The summed E-state index contributed by atoms with van der Waals surface area (Å²) in [6.07, 6.45) is 0. The highest BCUT2D eigenvalue weighted by atomic mass is 16.5. The van der Waals surface area contributed by atoms with Crippen LogP contribution in [0.15, 0.2) is 36.4 Å². The summed E-state index contributed by atoms with van der Waals surface area (Å²) in [6, 6.07) is 10.7. The Balaban J connectivity index is 1.77. The van der Waals surface area contributed by atoms with Crippen molar-refractivity contribution in [3.63, 3.8) is 0 Å². The molecule has 25 heavy (non-hydrogen) atoms. The maximum absolute atomic E-state index is 12.5. The fourth-order valence-corrected chi connectivity index (χ4v) is 2.68. The van der Waals surface area contributed by atoms with Crippen molar-refractivity contribution in [3.05, 3.63) is 58.9 Å². The number of rotatable bonds is 3. The van der Waals surface area contributed by atoms with Crippen molar-refractivity contribution in [1.82, 2.24) is 9.88 Å². The molecule has 1 N–H and O–H groups in total. The fourth-order valence-electron chi connectivity index (χ4n) is 2.68. The van der Waals surface area contributed by atoms with Crippen molar-refractivity contribution >= 4 is 17.5 Å². The molecule has 2 aromatic rings. The fraction of sp³-hybridized carbons (Fsp3) is 0.316. The van der Waals surface area contributed by atoms with Crippen LogP contribution in [0.4, 0.5) is 5.69 Å². The van der Waals surface area contributed by atoms with Gasteiger partial charge in [0.2, 0.25) is 0 Å². The van der Waals surface area contributed by atoms with E-state index in [0.717, 1.165) is 16.8 Å². The van der Waals surface area contributed by atoms with E-state index in [-0.39, 0.29) is 23.2 Å². The number of amides is 2. The molecular weight excluding hydrogens is 318 g/mol. The molecule has 1 aromatic carbocycles. The molecule has 6 heteroatoms. The lowest BCUT2D eigenvalue weighted by Crippen LogP contribution is -2.41. The van der Waals surface area contributed by atoms with Gasteiger partial charge in [-0.3, -0.25) is 9.59 Å². The smallest absolute Gasteiger partial charge is 0.274 e. The van der Waals surface area contributed by atoms with Gasteiger partial charge in [0.1, 0.15) is 11.4 Å². The van der Waals surface area contributed by atoms with E-state index in [1.54, 1.807) is 23.1 Å². The Labute approximate surface area is 146 Å². The Bertz CT molecular complexity index is 798. The number of carbonyl (C=O) groups is 2. The topological polar surface area (TPSA) is 71.5 Å². The average Bonchev–Trinajstić information content (AvgIpc) is 2.65. The first-order valence-electron chi connectivity index (χ1n) is 8.28. The van der Waals surface area contributed by atoms with E-state index in [1.165, 1.54) is 0 Å². The van der Waals surface area contributed by atoms with Crippen molar-refractivity contribution in [2.45, 2.75) is 13.8 Å². The number of hydrogen-bond donors (Lipinski definition) is 1. The van der Waals surface area contributed by atoms with E-state index in [2.05, 4.69) is 10.3 Å². The lowest BCUT2D eigenvalue weighted by atomic mass is 10.1. The summed E-state index contributed by atoms with van der Waals surface area (Å²) in [5.41, 5.74) is 3.35. The van der Waals surface area contributed by atoms with Crippen LogP contribution in [0.3, 0.4) is 0 Å². The molecule has 0 aliphatic carbocycles. The molecule has 1 saturated heterocycles. The zero-order valence-corrected chi connectivity index (χ0v) is 14.4. The Morgan fingerprint density at radius 1 is 1.04 bits per heavy atom. The molecule has 0 radical (unpaired) electrons. The summed E-state index contributed by atoms with van der Waals surface area (Å²) in [5.74, 6) is -0.505. The minimum atomic E-state index is -0.328. The van der Waals surface area contributed by atoms with E-state index in [4.69, 9.17) is 4.74 Å². The summed E-state index contributed by atoms with van der Waals surface area (Å²) in [5, 5.41) is 2.87. The second-order valence-electron chi connectivity index (χ2n) is 6.01. The van der Waals surface area contributed by atoms with Gasteiger partial charge in [-0.25, -0.2) is 4.98 Å². The summed E-state index contributed by atoms with van der Waals surface area (Å²) in [7, 11) is 0. The van der Waals surface area contributed by atoms with Gasteiger partial charge < -0.3 is 15.0 Å². The molecular formula is C19H21N3O3. The first-order chi connectivity index (χ1) is 12.1. The molecule has 0 bridgehead atoms. The van der Waals surface area contributed by atoms with Gasteiger partial charge in [0.05, 0.1) is 13.2 Å². The number of pyridine rings is 1. The van der Waals surface area contributed by atoms with Crippen LogP contribution >= 0.6 is 0 Å². The second-order valence-corrected chi connectivity index (χ2v) is 6.01. The van der Waals surface area contributed by atoms with Gasteiger partial charge in [-0.2, -0.15) is 0 Å². The zero-order chi connectivity index (χ0) is 17.8. The minimum absolute atomic E-state index is 0.176. The molecule has 0 atom stereocenters. The molecule has 6 nitrogen and oxygen atoms in total. The number of aryl methyl sites for hydroxylation is 1. The molecule has 130 valence electrons. The monoisotopic (exact) mass is 339 g/mol. The van der Waals surface area contributed by atoms with Crippen molar-refractivity contribution in [3.8, 4) is 0 Å². The van der Waals surface area contributed by atoms with Crippen LogP contribution in [-0.4, -0.2) is 48.0 Å². The molecule has 0 spiro atoms. The number of nitrogens with zero attached hydrogens (tertiary/aromatic N) is 2. The van der Waals surface area contributed by atoms with Gasteiger partial charge in [0.25, 0.3) is 11.8 Å². The first-order valence-corrected chi connectivity index (χ1v) is 8.28. The lowest BCUT2D eigenvalue weighted by molar-refractivity contribution is 0.0299. The van der Waals surface area contributed by atoms with Crippen LogP contribution in [0.1, 0.15) is 32.1 Å². The van der Waals surface area contributed by atoms with Crippen LogP contribution < -0.4 is 5.32 Å². The number of morpholine rings is 1. The Morgan fingerprint density at radius 2 is 1.72 bits per heavy atom. The first kappa shape index (κ1) is 17.1. The van der Waals surface area contributed by atoms with Crippen LogP contribution in [0, 0.1) is 13.8 Å². The zero-order valence-electron chi connectivity index (χ0n) is 14.4. The number of nitrogens with one attached hydrogen (secondary N) is 1. The largest absolute Gasteiger partial charge is 0.378 e. The van der Waals surface area contributed by atoms with Gasteiger partial charge in [0.15, 0.2) is 0 Å². The molecule has 1 aliphatic heterocycles. The quantitative estimate of drug-likeness (QED) is 0.932. The van der Waals surface area contributed by atoms with E-state index < -0.39 is 0 Å². The average molecular weight is 339 g/mol. The van der Waals surface area contributed by atoms with E-state index in [1.807, 2.05) is 32.0 Å². The van der Waals surface area contributed by atoms with Crippen molar-refractivity contribution in [2.24, 2.45) is 0 Å². The van der Waals surface area contributed by atoms with Gasteiger partial charge in [-0.15, -0.1) is 0 Å². The van der Waals surface area contributed by atoms with Gasteiger partial charge in [-0.05, 0) is 43.2 Å². The predicted octanol–water partition coefficient (Wildman–Crippen LogP) is 2.42. The number of aromatic nitrogens is 1. The third kappa shape index (κ3) is 3.85. The standard InChI is InChI=1S/C19H21N3O3/c1-13-5-3-6-15(14(13)2)21-18(23)16-7-4-8-17(20-16)19(24)22-9-11-25-12-10-22/h3-8H,9-12H2,1-2H3,(H,21,23). The SMILES string of the molecule is Cc1cccc(NC(=O)c2cccc(C(=O)N3CCOCC3)n2)c1C. The summed E-state index contributed by atoms with van der Waals surface area (Å²) >= 11 is 0. The van der Waals surface area contributed by atoms with E-state index in [0.29, 0.717) is 26.3 Å². The van der Waals surface area contributed by atoms with Crippen molar-refractivity contribution < 1.29 is 14.3 Å². The molecule has 1 aliphatic rings. The van der Waals surface area contributed by atoms with E-state index >= 15 is 0 Å². The third-order valence-electron chi connectivity index (χ3n) is 4.35. The second kappa shape index (κ2) is 7.44. The molecule has 0 unspecified atom stereocenters. The van der Waals surface area contributed by atoms with Gasteiger partial charge >= 0.3 is 0 Å². The predicted molar refractivity (Wildman–Crippen MR) is 94.8 cm³/mol. The van der Waals surface area contributed by atoms with E-state index in [9.17, 15) is 9.59 Å². The Kier molecular flexibility index (Phi) is 5.09. The number of ether oxygens (including phenoxy) is 1. The van der Waals surface area contributed by atoms with Crippen LogP contribution in [0.2, 0.25) is 0 Å². The number of hydrogen-bond acceptors (Lipinski definition) is 4. The third-order valence-corrected chi connectivity index (χ3v) is 4.35. The summed E-state index contributed by atoms with van der Waals surface area (Å²) in [4.78, 5) is 31.0. The number of benzene rings is 1. The number of carbonyl (C=O) groups excluding carboxylic acids is 2. The Morgan fingerprint density at radius 3 is 2.48 bits per heavy atom. The van der Waals surface area contributed by atoms with Crippen molar-refractivity contribution in [2.75, 3.05) is 31.6 Å². The van der Waals surface area contributed by atoms with Crippen LogP contribution in [-0.2, 0) is 4.74 Å². The molecule has 3 rings (SSSR count). The van der Waals surface area contributed by atoms with Crippen molar-refractivity contribution in [1.29, 1.82) is 0 Å². The van der Waals surface area contributed by atoms with Gasteiger partial charge in [-0.1, -0.05) is 18.2 Å². The summed E-state index contributed by atoms with van der Waals surface area (Å²) in [6.45, 7) is 6.08. The lowest BCUT2D eigenvalue weighted by Gasteiger charge is -2.26. The summed E-state index contributed by atoms with van der Waals surface area (Å²) < 4.78 is 5.26. The molecule has 1 fully saturated rings. The number of anilines is 1. The minimum Gasteiger partial charge on any atom is -0.378 e. The molecule has 2 heterocycles. The van der Waals surface area contributed by atoms with Gasteiger partial charge in [0, 0.05) is 18.8 Å². The highest BCUT2D eigenvalue weighted by Gasteiger charge is 2.20.